The van der Waals surface area contributed by atoms with Crippen molar-refractivity contribution in [3.05, 3.63) is 18.3 Å². The molecule has 0 unspecified atom stereocenters. The fourth-order valence-electron chi connectivity index (χ4n) is 1.33. The highest BCUT2D eigenvalue weighted by molar-refractivity contribution is 7.80. The Hall–Kier alpha value is -1.36. The molecule has 0 bridgehead atoms. The molecule has 0 radical (unpaired) electrons. The van der Waals surface area contributed by atoms with Gasteiger partial charge in [0.2, 0.25) is 5.88 Å². The molecule has 0 aliphatic rings. The normalized spacial score (nSPS) is 9.76. The number of unbranched alkanes of at least 4 members (excludes halogenated alkanes) is 2. The van der Waals surface area contributed by atoms with Crippen LogP contribution >= 0.6 is 12.2 Å². The SMILES string of the molecule is CCCCCNC(=S)Nc1ccc(OC)nc1. The van der Waals surface area contributed by atoms with Gasteiger partial charge in [0.05, 0.1) is 19.0 Å². The molecular formula is C12H19N3OS. The Balaban J connectivity index is 2.29. The van der Waals surface area contributed by atoms with Gasteiger partial charge in [0.1, 0.15) is 0 Å². The molecule has 0 saturated carbocycles. The summed E-state index contributed by atoms with van der Waals surface area (Å²) in [6, 6.07) is 3.67. The summed E-state index contributed by atoms with van der Waals surface area (Å²) in [4.78, 5) is 4.09. The summed E-state index contributed by atoms with van der Waals surface area (Å²) >= 11 is 5.17. The van der Waals surface area contributed by atoms with Crippen LogP contribution in [0.2, 0.25) is 0 Å². The standard InChI is InChI=1S/C12H19N3OS/c1-3-4-5-8-13-12(17)15-10-6-7-11(16-2)14-9-10/h6-7,9H,3-5,8H2,1-2H3,(H2,13,15,17). The van der Waals surface area contributed by atoms with Gasteiger partial charge in [-0.3, -0.25) is 0 Å². The lowest BCUT2D eigenvalue weighted by Gasteiger charge is -2.10. The number of thiocarbonyl (C=S) groups is 1. The molecule has 94 valence electrons. The van der Waals surface area contributed by atoms with Crippen molar-refractivity contribution < 1.29 is 4.74 Å². The minimum absolute atomic E-state index is 0.595. The Morgan fingerprint density at radius 2 is 2.24 bits per heavy atom. The Morgan fingerprint density at radius 1 is 1.41 bits per heavy atom. The van der Waals surface area contributed by atoms with Gasteiger partial charge in [0.25, 0.3) is 0 Å². The lowest BCUT2D eigenvalue weighted by atomic mass is 10.2. The zero-order chi connectivity index (χ0) is 12.5. The van der Waals surface area contributed by atoms with E-state index >= 15 is 0 Å². The van der Waals surface area contributed by atoms with E-state index in [0.29, 0.717) is 11.0 Å². The number of nitrogens with one attached hydrogen (secondary N) is 2. The first kappa shape index (κ1) is 13.7. The molecule has 0 spiro atoms. The highest BCUT2D eigenvalue weighted by atomic mass is 32.1. The lowest BCUT2D eigenvalue weighted by Crippen LogP contribution is -2.29. The van der Waals surface area contributed by atoms with Crippen molar-refractivity contribution in [3.8, 4) is 5.88 Å². The maximum absolute atomic E-state index is 5.17. The van der Waals surface area contributed by atoms with Crippen molar-refractivity contribution in [1.29, 1.82) is 0 Å². The van der Waals surface area contributed by atoms with Gasteiger partial charge in [0.15, 0.2) is 5.11 Å². The van der Waals surface area contributed by atoms with Gasteiger partial charge in [-0.15, -0.1) is 0 Å². The highest BCUT2D eigenvalue weighted by Crippen LogP contribution is 2.10. The van der Waals surface area contributed by atoms with E-state index in [-0.39, 0.29) is 0 Å². The second-order valence-electron chi connectivity index (χ2n) is 3.68. The molecule has 0 aromatic carbocycles. The average molecular weight is 253 g/mol. The Labute approximate surface area is 108 Å². The van der Waals surface area contributed by atoms with Gasteiger partial charge in [-0.2, -0.15) is 0 Å². The number of rotatable bonds is 6. The minimum Gasteiger partial charge on any atom is -0.481 e. The van der Waals surface area contributed by atoms with E-state index in [1.54, 1.807) is 19.4 Å². The van der Waals surface area contributed by atoms with Crippen molar-refractivity contribution in [3.63, 3.8) is 0 Å². The second-order valence-corrected chi connectivity index (χ2v) is 4.09. The molecule has 1 aromatic heterocycles. The molecule has 1 aromatic rings. The molecule has 0 atom stereocenters. The molecule has 2 N–H and O–H groups in total. The van der Waals surface area contributed by atoms with Crippen LogP contribution in [0.1, 0.15) is 26.2 Å². The Kier molecular flexibility index (Phi) is 6.32. The number of hydrogen-bond acceptors (Lipinski definition) is 3. The molecule has 4 nitrogen and oxygen atoms in total. The van der Waals surface area contributed by atoms with Crippen LogP contribution in [-0.4, -0.2) is 23.8 Å². The summed E-state index contributed by atoms with van der Waals surface area (Å²) in [6.45, 7) is 3.09. The van der Waals surface area contributed by atoms with E-state index < -0.39 is 0 Å². The maximum atomic E-state index is 5.17. The molecule has 1 heterocycles. The molecule has 1 rings (SSSR count). The van der Waals surface area contributed by atoms with Crippen LogP contribution in [-0.2, 0) is 0 Å². The average Bonchev–Trinajstić information content (AvgIpc) is 2.36. The molecular weight excluding hydrogens is 234 g/mol. The van der Waals surface area contributed by atoms with Crippen LogP contribution in [0, 0.1) is 0 Å². The van der Waals surface area contributed by atoms with Crippen molar-refractivity contribution in [2.24, 2.45) is 0 Å². The quantitative estimate of drug-likeness (QED) is 0.602. The van der Waals surface area contributed by atoms with Crippen LogP contribution in [0.4, 0.5) is 5.69 Å². The van der Waals surface area contributed by atoms with Crippen LogP contribution in [0.25, 0.3) is 0 Å². The summed E-state index contributed by atoms with van der Waals surface area (Å²) in [6.07, 6.45) is 5.27. The molecule has 0 saturated heterocycles. The van der Waals surface area contributed by atoms with Gasteiger partial charge >= 0.3 is 0 Å². The first-order valence-corrected chi connectivity index (χ1v) is 6.22. The molecule has 0 aliphatic heterocycles. The number of methoxy groups -OCH3 is 1. The van der Waals surface area contributed by atoms with Gasteiger partial charge in [0, 0.05) is 12.6 Å². The zero-order valence-electron chi connectivity index (χ0n) is 10.3. The molecule has 17 heavy (non-hydrogen) atoms. The third-order valence-electron chi connectivity index (χ3n) is 2.27. The largest absolute Gasteiger partial charge is 0.481 e. The smallest absolute Gasteiger partial charge is 0.213 e. The Bertz CT molecular complexity index is 340. The number of aromatic nitrogens is 1. The summed E-state index contributed by atoms with van der Waals surface area (Å²) < 4.78 is 4.98. The first-order valence-electron chi connectivity index (χ1n) is 5.81. The van der Waals surface area contributed by atoms with E-state index in [9.17, 15) is 0 Å². The van der Waals surface area contributed by atoms with Crippen LogP contribution in [0.15, 0.2) is 18.3 Å². The Morgan fingerprint density at radius 3 is 2.82 bits per heavy atom. The van der Waals surface area contributed by atoms with Crippen molar-refractivity contribution in [2.75, 3.05) is 19.0 Å². The van der Waals surface area contributed by atoms with Crippen LogP contribution in [0.5, 0.6) is 5.88 Å². The fourth-order valence-corrected chi connectivity index (χ4v) is 1.55. The van der Waals surface area contributed by atoms with Crippen molar-refractivity contribution in [1.82, 2.24) is 10.3 Å². The number of hydrogen-bond donors (Lipinski definition) is 2. The van der Waals surface area contributed by atoms with Crippen molar-refractivity contribution in [2.45, 2.75) is 26.2 Å². The van der Waals surface area contributed by atoms with Gasteiger partial charge in [-0.25, -0.2) is 4.98 Å². The van der Waals surface area contributed by atoms with Crippen LogP contribution < -0.4 is 15.4 Å². The minimum atomic E-state index is 0.595. The number of ether oxygens (including phenoxy) is 1. The summed E-state index contributed by atoms with van der Waals surface area (Å²) in [5.41, 5.74) is 0.860. The lowest BCUT2D eigenvalue weighted by molar-refractivity contribution is 0.398. The fraction of sp³-hybridized carbons (Fsp3) is 0.500. The summed E-state index contributed by atoms with van der Waals surface area (Å²) in [5, 5.41) is 6.86. The molecule has 0 aliphatic carbocycles. The molecule has 5 heteroatoms. The number of pyridine rings is 1. The van der Waals surface area contributed by atoms with E-state index in [1.165, 1.54) is 12.8 Å². The molecule has 0 fully saturated rings. The number of anilines is 1. The van der Waals surface area contributed by atoms with E-state index in [0.717, 1.165) is 18.7 Å². The topological polar surface area (TPSA) is 46.2 Å². The summed E-state index contributed by atoms with van der Waals surface area (Å²) in [5.74, 6) is 0.595. The van der Waals surface area contributed by atoms with E-state index in [1.807, 2.05) is 6.07 Å². The maximum Gasteiger partial charge on any atom is 0.213 e. The zero-order valence-corrected chi connectivity index (χ0v) is 11.1. The summed E-state index contributed by atoms with van der Waals surface area (Å²) in [7, 11) is 1.59. The predicted octanol–water partition coefficient (Wildman–Crippen LogP) is 2.57. The number of nitrogens with zero attached hydrogens (tertiary/aromatic N) is 1. The monoisotopic (exact) mass is 253 g/mol. The van der Waals surface area contributed by atoms with E-state index in [4.69, 9.17) is 17.0 Å². The third-order valence-corrected chi connectivity index (χ3v) is 2.52. The third kappa shape index (κ3) is 5.49. The van der Waals surface area contributed by atoms with Crippen LogP contribution in [0.3, 0.4) is 0 Å². The predicted molar refractivity (Wildman–Crippen MR) is 74.5 cm³/mol. The molecule has 0 amide bonds. The second kappa shape index (κ2) is 7.84. The first-order chi connectivity index (χ1) is 8.26. The van der Waals surface area contributed by atoms with Gasteiger partial charge < -0.3 is 15.4 Å². The van der Waals surface area contributed by atoms with Gasteiger partial charge in [-0.1, -0.05) is 19.8 Å². The van der Waals surface area contributed by atoms with Crippen molar-refractivity contribution >= 4 is 23.0 Å². The highest BCUT2D eigenvalue weighted by Gasteiger charge is 1.98. The van der Waals surface area contributed by atoms with Gasteiger partial charge in [-0.05, 0) is 24.7 Å². The van der Waals surface area contributed by atoms with E-state index in [2.05, 4.69) is 22.5 Å².